The topological polar surface area (TPSA) is 185 Å². The minimum Gasteiger partial charge on any atom is -0.507 e. The molecular weight excluding hydrogens is 504 g/mol. The highest BCUT2D eigenvalue weighted by molar-refractivity contribution is 6.03. The van der Waals surface area contributed by atoms with Gasteiger partial charge in [0.2, 0.25) is 6.29 Å². The maximum atomic E-state index is 12.9. The summed E-state index contributed by atoms with van der Waals surface area (Å²) in [5.74, 6) is -0.443. The lowest BCUT2D eigenvalue weighted by atomic mass is 9.94. The molecule has 0 bridgehead atoms. The normalized spacial score (nSPS) is 35.3. The van der Waals surface area contributed by atoms with Gasteiger partial charge in [0, 0.05) is 11.6 Å². The third kappa shape index (κ3) is 4.97. The van der Waals surface area contributed by atoms with Crippen molar-refractivity contribution in [2.24, 2.45) is 0 Å². The van der Waals surface area contributed by atoms with E-state index in [9.17, 15) is 35.4 Å². The molecule has 0 radical (unpaired) electrons. The first kappa shape index (κ1) is 26.8. The van der Waals surface area contributed by atoms with E-state index in [1.807, 2.05) is 30.3 Å². The number of carbonyl (C=O) groups is 1. The molecule has 0 amide bonds. The van der Waals surface area contributed by atoms with E-state index in [1.54, 1.807) is 0 Å². The molecule has 12 heteroatoms. The zero-order valence-corrected chi connectivity index (χ0v) is 20.4. The van der Waals surface area contributed by atoms with Gasteiger partial charge in [0.25, 0.3) is 0 Å². The molecule has 9 unspecified atom stereocenters. The SMILES string of the molecule is Cc1c(OC2OCC(O)C(OC3OCC(O)C(O)C3O)C2O)cc2c(c1O)C(=O)CC(c1ccccc1)O2. The maximum Gasteiger partial charge on any atom is 0.228 e. The second kappa shape index (κ2) is 10.8. The van der Waals surface area contributed by atoms with Gasteiger partial charge in [-0.2, -0.15) is 0 Å². The van der Waals surface area contributed by atoms with Gasteiger partial charge in [-0.25, -0.2) is 0 Å². The molecular formula is C26H30O12. The summed E-state index contributed by atoms with van der Waals surface area (Å²) in [5, 5.41) is 61.7. The van der Waals surface area contributed by atoms with Crippen LogP contribution in [0.5, 0.6) is 17.2 Å². The van der Waals surface area contributed by atoms with Crippen molar-refractivity contribution in [2.75, 3.05) is 13.2 Å². The summed E-state index contributed by atoms with van der Waals surface area (Å²) in [6, 6.07) is 10.6. The number of aliphatic hydroxyl groups is 5. The predicted molar refractivity (Wildman–Crippen MR) is 127 cm³/mol. The third-order valence-electron chi connectivity index (χ3n) is 6.97. The Morgan fingerprint density at radius 2 is 1.58 bits per heavy atom. The lowest BCUT2D eigenvalue weighted by Gasteiger charge is -2.42. The molecule has 2 fully saturated rings. The Hall–Kier alpha value is -2.81. The average Bonchev–Trinajstić information content (AvgIpc) is 2.91. The fourth-order valence-electron chi connectivity index (χ4n) is 4.75. The van der Waals surface area contributed by atoms with Gasteiger partial charge in [0.1, 0.15) is 65.5 Å². The average molecular weight is 535 g/mol. The molecule has 0 spiro atoms. The molecule has 9 atom stereocenters. The highest BCUT2D eigenvalue weighted by atomic mass is 16.7. The van der Waals surface area contributed by atoms with Gasteiger partial charge in [-0.05, 0) is 12.5 Å². The van der Waals surface area contributed by atoms with Crippen LogP contribution in [0.15, 0.2) is 36.4 Å². The largest absolute Gasteiger partial charge is 0.507 e. The molecule has 0 saturated carbocycles. The van der Waals surface area contributed by atoms with Crippen molar-refractivity contribution < 1.29 is 59.1 Å². The van der Waals surface area contributed by atoms with Crippen LogP contribution in [0.4, 0.5) is 0 Å². The highest BCUT2D eigenvalue weighted by Gasteiger charge is 2.46. The molecule has 3 aliphatic heterocycles. The van der Waals surface area contributed by atoms with Crippen molar-refractivity contribution in [3.8, 4) is 17.2 Å². The Labute approximate surface area is 217 Å². The van der Waals surface area contributed by atoms with Crippen molar-refractivity contribution in [1.29, 1.82) is 0 Å². The maximum absolute atomic E-state index is 12.9. The summed E-state index contributed by atoms with van der Waals surface area (Å²) in [6.07, 6.45) is -12.1. The number of fused-ring (bicyclic) bond motifs is 1. The number of hydrogen-bond donors (Lipinski definition) is 6. The first-order valence-corrected chi connectivity index (χ1v) is 12.2. The zero-order valence-electron chi connectivity index (χ0n) is 20.4. The van der Waals surface area contributed by atoms with Crippen LogP contribution in [0.1, 0.15) is 34.0 Å². The van der Waals surface area contributed by atoms with Crippen molar-refractivity contribution >= 4 is 5.78 Å². The fraction of sp³-hybridized carbons (Fsp3) is 0.500. The number of phenolic OH excluding ortho intramolecular Hbond substituents is 1. The number of aliphatic hydroxyl groups excluding tert-OH is 5. The number of benzene rings is 2. The van der Waals surface area contributed by atoms with Crippen LogP contribution in [0, 0.1) is 6.92 Å². The van der Waals surface area contributed by atoms with E-state index in [0.29, 0.717) is 0 Å². The van der Waals surface area contributed by atoms with Crippen LogP contribution in [0.25, 0.3) is 0 Å². The number of ether oxygens (including phenoxy) is 5. The van der Waals surface area contributed by atoms with Crippen molar-refractivity contribution in [2.45, 2.75) is 68.7 Å². The van der Waals surface area contributed by atoms with E-state index in [4.69, 9.17) is 23.7 Å². The van der Waals surface area contributed by atoms with E-state index < -0.39 is 55.3 Å². The second-order valence-electron chi connectivity index (χ2n) is 9.59. The summed E-state index contributed by atoms with van der Waals surface area (Å²) in [7, 11) is 0. The lowest BCUT2D eigenvalue weighted by Crippen LogP contribution is -2.60. The van der Waals surface area contributed by atoms with Crippen LogP contribution < -0.4 is 9.47 Å². The Bertz CT molecular complexity index is 1160. The smallest absolute Gasteiger partial charge is 0.228 e. The standard InChI is InChI=1S/C26H30O12/c1-11-16(8-18-19(20(11)30)13(27)7-17(36-18)12-5-3-2-4-6-12)37-26-23(33)24(15(29)10-35-26)38-25-22(32)21(31)14(28)9-34-25/h2-6,8,14-15,17,21-26,28-33H,7,9-10H2,1H3. The summed E-state index contributed by atoms with van der Waals surface area (Å²) in [5.41, 5.74) is 1.04. The van der Waals surface area contributed by atoms with Crippen LogP contribution in [-0.4, -0.2) is 98.8 Å². The van der Waals surface area contributed by atoms with E-state index in [1.165, 1.54) is 13.0 Å². The van der Waals surface area contributed by atoms with Crippen molar-refractivity contribution in [3.63, 3.8) is 0 Å². The molecule has 38 heavy (non-hydrogen) atoms. The quantitative estimate of drug-likeness (QED) is 0.294. The van der Waals surface area contributed by atoms with E-state index in [0.717, 1.165) is 5.56 Å². The summed E-state index contributed by atoms with van der Waals surface area (Å²) < 4.78 is 28.1. The van der Waals surface area contributed by atoms with E-state index >= 15 is 0 Å². The molecule has 2 aromatic rings. The first-order valence-electron chi connectivity index (χ1n) is 12.2. The Morgan fingerprint density at radius 3 is 2.32 bits per heavy atom. The van der Waals surface area contributed by atoms with Crippen LogP contribution in [0.2, 0.25) is 0 Å². The number of Topliss-reactive ketones (excluding diaryl/α,β-unsaturated/α-hetero) is 1. The van der Waals surface area contributed by atoms with E-state index in [2.05, 4.69) is 0 Å². The second-order valence-corrected chi connectivity index (χ2v) is 9.59. The summed E-state index contributed by atoms with van der Waals surface area (Å²) in [4.78, 5) is 12.9. The van der Waals surface area contributed by atoms with Crippen LogP contribution >= 0.6 is 0 Å². The van der Waals surface area contributed by atoms with Crippen LogP contribution in [-0.2, 0) is 14.2 Å². The minimum atomic E-state index is -1.63. The molecule has 0 aromatic heterocycles. The molecule has 5 rings (SSSR count). The van der Waals surface area contributed by atoms with Gasteiger partial charge >= 0.3 is 0 Å². The molecule has 3 aliphatic rings. The fourth-order valence-corrected chi connectivity index (χ4v) is 4.75. The number of phenols is 1. The number of ketones is 1. The van der Waals surface area contributed by atoms with Crippen molar-refractivity contribution in [1.82, 2.24) is 0 Å². The van der Waals surface area contributed by atoms with Gasteiger partial charge in [0.05, 0.1) is 19.6 Å². The molecule has 6 N–H and O–H groups in total. The molecule has 206 valence electrons. The van der Waals surface area contributed by atoms with Gasteiger partial charge in [-0.1, -0.05) is 30.3 Å². The van der Waals surface area contributed by atoms with Crippen molar-refractivity contribution in [3.05, 3.63) is 53.1 Å². The Balaban J connectivity index is 1.35. The minimum absolute atomic E-state index is 0.0351. The molecule has 0 aliphatic carbocycles. The third-order valence-corrected chi connectivity index (χ3v) is 6.97. The lowest BCUT2D eigenvalue weighted by molar-refractivity contribution is -0.326. The van der Waals surface area contributed by atoms with E-state index in [-0.39, 0.29) is 53.8 Å². The summed E-state index contributed by atoms with van der Waals surface area (Å²) in [6.45, 7) is 0.883. The van der Waals surface area contributed by atoms with Crippen LogP contribution in [0.3, 0.4) is 0 Å². The monoisotopic (exact) mass is 534 g/mol. The van der Waals surface area contributed by atoms with Gasteiger partial charge in [-0.15, -0.1) is 0 Å². The first-order chi connectivity index (χ1) is 18.2. The number of rotatable bonds is 5. The molecule has 3 heterocycles. The Morgan fingerprint density at radius 1 is 0.895 bits per heavy atom. The molecule has 2 saturated heterocycles. The Kier molecular flexibility index (Phi) is 7.58. The number of carbonyl (C=O) groups excluding carboxylic acids is 1. The number of aromatic hydroxyl groups is 1. The molecule has 12 nitrogen and oxygen atoms in total. The summed E-state index contributed by atoms with van der Waals surface area (Å²) >= 11 is 0. The zero-order chi connectivity index (χ0) is 27.1. The predicted octanol–water partition coefficient (Wildman–Crippen LogP) is -0.312. The van der Waals surface area contributed by atoms with Gasteiger partial charge < -0.3 is 54.3 Å². The van der Waals surface area contributed by atoms with Gasteiger partial charge in [0.15, 0.2) is 12.1 Å². The van der Waals surface area contributed by atoms with Gasteiger partial charge in [-0.3, -0.25) is 4.79 Å². The number of hydrogen-bond acceptors (Lipinski definition) is 12. The molecule has 2 aromatic carbocycles. The highest BCUT2D eigenvalue weighted by Crippen LogP contribution is 2.45.